The fraction of sp³-hybridized carbons (Fsp3) is 0.650. The van der Waals surface area contributed by atoms with Crippen molar-refractivity contribution >= 4 is 5.96 Å². The Hall–Kier alpha value is -1.79. The van der Waals surface area contributed by atoms with Crippen LogP contribution in [0.1, 0.15) is 25.0 Å². The Labute approximate surface area is 158 Å². The highest BCUT2D eigenvalue weighted by Gasteiger charge is 2.21. The third-order valence-corrected chi connectivity index (χ3v) is 4.46. The number of guanidine groups is 1. The van der Waals surface area contributed by atoms with Crippen LogP contribution < -0.4 is 15.4 Å². The molecule has 1 atom stereocenters. The summed E-state index contributed by atoms with van der Waals surface area (Å²) in [5.74, 6) is 2.35. The smallest absolute Gasteiger partial charge is 0.191 e. The van der Waals surface area contributed by atoms with Gasteiger partial charge in [0.2, 0.25) is 0 Å². The molecule has 1 aliphatic heterocycles. The van der Waals surface area contributed by atoms with Crippen molar-refractivity contribution in [1.82, 2.24) is 15.5 Å². The number of aryl methyl sites for hydroxylation is 1. The summed E-state index contributed by atoms with van der Waals surface area (Å²) in [5.41, 5.74) is 2.30. The molecule has 0 spiro atoms. The summed E-state index contributed by atoms with van der Waals surface area (Å²) in [7, 11) is 3.49. The second kappa shape index (κ2) is 10.4. The molecule has 0 amide bonds. The molecule has 6 nitrogen and oxygen atoms in total. The summed E-state index contributed by atoms with van der Waals surface area (Å²) >= 11 is 0. The molecule has 0 aromatic heterocycles. The molecular formula is C20H34N4O2. The van der Waals surface area contributed by atoms with Crippen molar-refractivity contribution < 1.29 is 9.47 Å². The van der Waals surface area contributed by atoms with Crippen LogP contribution in [0, 0.1) is 12.8 Å². The highest BCUT2D eigenvalue weighted by Crippen LogP contribution is 2.19. The fourth-order valence-corrected chi connectivity index (χ4v) is 3.19. The first-order valence-corrected chi connectivity index (χ1v) is 9.43. The predicted molar refractivity (Wildman–Crippen MR) is 107 cm³/mol. The number of hydrogen-bond donors (Lipinski definition) is 2. The van der Waals surface area contributed by atoms with Crippen molar-refractivity contribution in [3.63, 3.8) is 0 Å². The Morgan fingerprint density at radius 1 is 1.38 bits per heavy atom. The first-order chi connectivity index (χ1) is 12.5. The summed E-state index contributed by atoms with van der Waals surface area (Å²) < 4.78 is 11.4. The van der Waals surface area contributed by atoms with Crippen molar-refractivity contribution in [1.29, 1.82) is 0 Å². The van der Waals surface area contributed by atoms with E-state index in [1.807, 2.05) is 6.07 Å². The van der Waals surface area contributed by atoms with Crippen LogP contribution in [0.25, 0.3) is 0 Å². The molecule has 1 aromatic carbocycles. The lowest BCUT2D eigenvalue weighted by molar-refractivity contribution is -0.0284. The molecule has 0 radical (unpaired) electrons. The third-order valence-electron chi connectivity index (χ3n) is 4.46. The number of morpholine rings is 1. The Morgan fingerprint density at radius 3 is 2.88 bits per heavy atom. The zero-order chi connectivity index (χ0) is 18.9. The molecular weight excluding hydrogens is 328 g/mol. The minimum Gasteiger partial charge on any atom is -0.496 e. The first-order valence-electron chi connectivity index (χ1n) is 9.43. The van der Waals surface area contributed by atoms with Crippen molar-refractivity contribution in [2.24, 2.45) is 10.9 Å². The topological polar surface area (TPSA) is 58.1 Å². The van der Waals surface area contributed by atoms with Crippen LogP contribution in [0.3, 0.4) is 0 Å². The monoisotopic (exact) mass is 362 g/mol. The molecule has 1 aromatic rings. The van der Waals surface area contributed by atoms with E-state index in [4.69, 9.17) is 9.47 Å². The number of ether oxygens (including phenoxy) is 2. The van der Waals surface area contributed by atoms with E-state index in [1.54, 1.807) is 14.2 Å². The lowest BCUT2D eigenvalue weighted by Crippen LogP contribution is -2.50. The Morgan fingerprint density at radius 2 is 2.19 bits per heavy atom. The maximum Gasteiger partial charge on any atom is 0.191 e. The molecule has 1 unspecified atom stereocenters. The standard InChI is InChI=1S/C20H34N4O2/c1-15(2)13-24-8-9-26-18(14-24)12-23-20(21-4)22-11-17-7-6-16(3)10-19(17)25-5/h6-7,10,15,18H,8-9,11-14H2,1-5H3,(H2,21,22,23). The lowest BCUT2D eigenvalue weighted by Gasteiger charge is -2.34. The van der Waals surface area contributed by atoms with Crippen molar-refractivity contribution in [2.75, 3.05) is 46.9 Å². The van der Waals surface area contributed by atoms with E-state index in [0.717, 1.165) is 50.1 Å². The van der Waals surface area contributed by atoms with Gasteiger partial charge in [0.25, 0.3) is 0 Å². The molecule has 0 aliphatic carbocycles. The molecule has 146 valence electrons. The van der Waals surface area contributed by atoms with Gasteiger partial charge in [0.05, 0.1) is 19.8 Å². The molecule has 1 aliphatic rings. The number of rotatable bonds is 7. The minimum absolute atomic E-state index is 0.190. The number of methoxy groups -OCH3 is 1. The van der Waals surface area contributed by atoms with Crippen LogP contribution in [-0.4, -0.2) is 63.9 Å². The average molecular weight is 363 g/mol. The van der Waals surface area contributed by atoms with E-state index in [1.165, 1.54) is 5.56 Å². The van der Waals surface area contributed by atoms with Gasteiger partial charge in [-0.25, -0.2) is 0 Å². The third kappa shape index (κ3) is 6.50. The molecule has 0 bridgehead atoms. The van der Waals surface area contributed by atoms with Crippen molar-refractivity contribution in [3.8, 4) is 5.75 Å². The number of aliphatic imine (C=N–C) groups is 1. The van der Waals surface area contributed by atoms with Gasteiger partial charge in [-0.3, -0.25) is 9.89 Å². The van der Waals surface area contributed by atoms with Crippen molar-refractivity contribution in [2.45, 2.75) is 33.4 Å². The molecule has 2 rings (SSSR count). The van der Waals surface area contributed by atoms with E-state index in [-0.39, 0.29) is 6.10 Å². The van der Waals surface area contributed by atoms with Gasteiger partial charge in [0, 0.05) is 45.3 Å². The summed E-state index contributed by atoms with van der Waals surface area (Å²) in [6.45, 7) is 11.9. The Kier molecular flexibility index (Phi) is 8.19. The summed E-state index contributed by atoms with van der Waals surface area (Å²) in [4.78, 5) is 6.79. The fourth-order valence-electron chi connectivity index (χ4n) is 3.19. The average Bonchev–Trinajstić information content (AvgIpc) is 2.62. The molecule has 1 saturated heterocycles. The number of benzene rings is 1. The van der Waals surface area contributed by atoms with Crippen molar-refractivity contribution in [3.05, 3.63) is 29.3 Å². The van der Waals surface area contributed by atoms with Crippen LogP contribution in [0.2, 0.25) is 0 Å². The van der Waals surface area contributed by atoms with Gasteiger partial charge in [-0.05, 0) is 24.5 Å². The second-order valence-electron chi connectivity index (χ2n) is 7.27. The van der Waals surface area contributed by atoms with E-state index in [9.17, 15) is 0 Å². The number of nitrogens with one attached hydrogen (secondary N) is 2. The molecule has 26 heavy (non-hydrogen) atoms. The zero-order valence-electron chi connectivity index (χ0n) is 16.8. The van der Waals surface area contributed by atoms with E-state index < -0.39 is 0 Å². The molecule has 2 N–H and O–H groups in total. The summed E-state index contributed by atoms with van der Waals surface area (Å²) in [6.07, 6.45) is 0.190. The van der Waals surface area contributed by atoms with E-state index >= 15 is 0 Å². The predicted octanol–water partition coefficient (Wildman–Crippen LogP) is 2.03. The second-order valence-corrected chi connectivity index (χ2v) is 7.27. The van der Waals surface area contributed by atoms with E-state index in [0.29, 0.717) is 12.5 Å². The highest BCUT2D eigenvalue weighted by atomic mass is 16.5. The summed E-state index contributed by atoms with van der Waals surface area (Å²) in [5, 5.41) is 6.73. The van der Waals surface area contributed by atoms with Gasteiger partial charge in [-0.15, -0.1) is 0 Å². The lowest BCUT2D eigenvalue weighted by atomic mass is 10.1. The van der Waals surface area contributed by atoms with E-state index in [2.05, 4.69) is 53.4 Å². The Balaban J connectivity index is 1.81. The van der Waals surface area contributed by atoms with Crippen LogP contribution in [0.4, 0.5) is 0 Å². The quantitative estimate of drug-likeness (QED) is 0.574. The largest absolute Gasteiger partial charge is 0.496 e. The zero-order valence-corrected chi connectivity index (χ0v) is 16.8. The van der Waals surface area contributed by atoms with Gasteiger partial charge < -0.3 is 20.1 Å². The maximum atomic E-state index is 5.89. The van der Waals surface area contributed by atoms with Gasteiger partial charge in [-0.1, -0.05) is 26.0 Å². The van der Waals surface area contributed by atoms with Crippen LogP contribution in [-0.2, 0) is 11.3 Å². The molecule has 1 fully saturated rings. The van der Waals surface area contributed by atoms with Gasteiger partial charge >= 0.3 is 0 Å². The summed E-state index contributed by atoms with van der Waals surface area (Å²) in [6, 6.07) is 6.23. The molecule has 0 saturated carbocycles. The Bertz CT molecular complexity index is 589. The van der Waals surface area contributed by atoms with Gasteiger partial charge in [-0.2, -0.15) is 0 Å². The first kappa shape index (κ1) is 20.5. The van der Waals surface area contributed by atoms with Gasteiger partial charge in [0.15, 0.2) is 5.96 Å². The van der Waals surface area contributed by atoms with Crippen LogP contribution in [0.15, 0.2) is 23.2 Å². The molecule has 6 heteroatoms. The highest BCUT2D eigenvalue weighted by molar-refractivity contribution is 5.79. The van der Waals surface area contributed by atoms with Gasteiger partial charge in [0.1, 0.15) is 5.75 Å². The number of hydrogen-bond acceptors (Lipinski definition) is 4. The SMILES string of the molecule is CN=C(NCc1ccc(C)cc1OC)NCC1CN(CC(C)C)CCO1. The maximum absolute atomic E-state index is 5.89. The normalized spacial score (nSPS) is 18.8. The number of nitrogens with zero attached hydrogens (tertiary/aromatic N) is 2. The van der Waals surface area contributed by atoms with Crippen LogP contribution >= 0.6 is 0 Å². The molecule has 1 heterocycles. The minimum atomic E-state index is 0.190. The van der Waals surface area contributed by atoms with Crippen LogP contribution in [0.5, 0.6) is 5.75 Å².